The molecule has 5 nitrogen and oxygen atoms in total. The predicted molar refractivity (Wildman–Crippen MR) is 80.5 cm³/mol. The van der Waals surface area contributed by atoms with Gasteiger partial charge in [0.05, 0.1) is 30.6 Å². The number of ether oxygens (including phenoxy) is 1. The number of likely N-dealkylation sites (tertiary alicyclic amines) is 1. The van der Waals surface area contributed by atoms with Crippen LogP contribution >= 0.6 is 15.9 Å². The molecule has 7 heteroatoms. The third kappa shape index (κ3) is 3.93. The van der Waals surface area contributed by atoms with Crippen LogP contribution in [0.5, 0.6) is 0 Å². The Kier molecular flexibility index (Phi) is 5.55. The lowest BCUT2D eigenvalue weighted by atomic mass is 10.1. The van der Waals surface area contributed by atoms with Crippen LogP contribution in [0.4, 0.5) is 10.1 Å². The molecule has 0 aliphatic carbocycles. The minimum Gasteiger partial charge on any atom is -0.396 e. The Balaban J connectivity index is 2.00. The number of benzene rings is 1. The molecule has 21 heavy (non-hydrogen) atoms. The van der Waals surface area contributed by atoms with E-state index in [1.807, 2.05) is 0 Å². The molecule has 0 spiro atoms. The Morgan fingerprint density at radius 1 is 1.48 bits per heavy atom. The molecule has 116 valence electrons. The smallest absolute Gasteiger partial charge is 0.255 e. The van der Waals surface area contributed by atoms with Gasteiger partial charge < -0.3 is 20.5 Å². The Labute approximate surface area is 131 Å². The van der Waals surface area contributed by atoms with Crippen LogP contribution in [0, 0.1) is 5.82 Å². The molecule has 0 radical (unpaired) electrons. The minimum atomic E-state index is -0.547. The molecule has 1 aromatic rings. The second-order valence-corrected chi connectivity index (χ2v) is 5.79. The number of hydrogen-bond acceptors (Lipinski definition) is 4. The number of anilines is 1. The van der Waals surface area contributed by atoms with Crippen LogP contribution in [0.25, 0.3) is 0 Å². The summed E-state index contributed by atoms with van der Waals surface area (Å²) in [5, 5.41) is 8.73. The predicted octanol–water partition coefficient (Wildman–Crippen LogP) is 1.78. The summed E-state index contributed by atoms with van der Waals surface area (Å²) >= 11 is 3.20. The van der Waals surface area contributed by atoms with Gasteiger partial charge in [-0.25, -0.2) is 4.39 Å². The van der Waals surface area contributed by atoms with Crippen LogP contribution in [0.3, 0.4) is 0 Å². The Bertz CT molecular complexity index is 519. The van der Waals surface area contributed by atoms with E-state index in [9.17, 15) is 9.18 Å². The van der Waals surface area contributed by atoms with Crippen molar-refractivity contribution in [2.45, 2.75) is 18.9 Å². The summed E-state index contributed by atoms with van der Waals surface area (Å²) < 4.78 is 19.2. The lowest BCUT2D eigenvalue weighted by molar-refractivity contribution is -0.00555. The fraction of sp³-hybridized carbons (Fsp3) is 0.500. The molecule has 1 amide bonds. The van der Waals surface area contributed by atoms with Gasteiger partial charge in [-0.15, -0.1) is 0 Å². The summed E-state index contributed by atoms with van der Waals surface area (Å²) in [6.45, 7) is 1.46. The number of carbonyl (C=O) groups is 1. The minimum absolute atomic E-state index is 0.000940. The van der Waals surface area contributed by atoms with Gasteiger partial charge in [0, 0.05) is 17.6 Å². The molecule has 1 aliphatic heterocycles. The number of piperidine rings is 1. The Morgan fingerprint density at radius 3 is 2.76 bits per heavy atom. The van der Waals surface area contributed by atoms with Gasteiger partial charge in [-0.2, -0.15) is 0 Å². The van der Waals surface area contributed by atoms with Crippen LogP contribution in [-0.2, 0) is 4.74 Å². The third-order valence-corrected chi connectivity index (χ3v) is 4.15. The van der Waals surface area contributed by atoms with Gasteiger partial charge in [0.2, 0.25) is 0 Å². The van der Waals surface area contributed by atoms with E-state index in [1.54, 1.807) is 4.90 Å². The highest BCUT2D eigenvalue weighted by molar-refractivity contribution is 9.10. The second kappa shape index (κ2) is 7.20. The van der Waals surface area contributed by atoms with E-state index in [0.29, 0.717) is 29.7 Å². The third-order valence-electron chi connectivity index (χ3n) is 3.49. The van der Waals surface area contributed by atoms with Crippen LogP contribution < -0.4 is 5.73 Å². The first kappa shape index (κ1) is 16.2. The van der Waals surface area contributed by atoms with Crippen molar-refractivity contribution in [3.63, 3.8) is 0 Å². The zero-order valence-electron chi connectivity index (χ0n) is 11.5. The summed E-state index contributed by atoms with van der Waals surface area (Å²) in [6.07, 6.45) is 1.52. The van der Waals surface area contributed by atoms with Crippen molar-refractivity contribution in [1.82, 2.24) is 4.90 Å². The normalized spacial score (nSPS) is 16.2. The Morgan fingerprint density at radius 2 is 2.14 bits per heavy atom. The fourth-order valence-electron chi connectivity index (χ4n) is 2.34. The molecule has 1 aliphatic rings. The van der Waals surface area contributed by atoms with Crippen molar-refractivity contribution in [3.8, 4) is 0 Å². The maximum Gasteiger partial charge on any atom is 0.255 e. The number of nitrogen functional groups attached to an aromatic ring is 1. The number of rotatable bonds is 4. The van der Waals surface area contributed by atoms with Crippen molar-refractivity contribution >= 4 is 27.5 Å². The lowest BCUT2D eigenvalue weighted by Crippen LogP contribution is -2.41. The zero-order chi connectivity index (χ0) is 15.4. The molecule has 2 rings (SSSR count). The van der Waals surface area contributed by atoms with E-state index >= 15 is 0 Å². The average molecular weight is 361 g/mol. The summed E-state index contributed by atoms with van der Waals surface area (Å²) in [7, 11) is 0. The number of hydrogen-bond donors (Lipinski definition) is 2. The quantitative estimate of drug-likeness (QED) is 0.802. The molecule has 0 atom stereocenters. The SMILES string of the molecule is Nc1cc(C(=O)N2CCC(OCCO)CC2)c(Br)cc1F. The standard InChI is InChI=1S/C14H18BrFN2O3/c15-11-8-12(16)13(17)7-10(11)14(20)18-3-1-9(2-4-18)21-6-5-19/h7-9,19H,1-6,17H2. The van der Waals surface area contributed by atoms with E-state index in [-0.39, 0.29) is 24.3 Å². The molecule has 3 N–H and O–H groups in total. The van der Waals surface area contributed by atoms with Crippen LogP contribution in [-0.4, -0.2) is 48.3 Å². The number of amides is 1. The maximum absolute atomic E-state index is 13.3. The van der Waals surface area contributed by atoms with Crippen molar-refractivity contribution in [2.75, 3.05) is 32.0 Å². The molecule has 0 unspecified atom stereocenters. The molecule has 0 aromatic heterocycles. The first-order chi connectivity index (χ1) is 10.0. The molecule has 0 bridgehead atoms. The number of aliphatic hydroxyl groups is 1. The highest BCUT2D eigenvalue weighted by Gasteiger charge is 2.25. The van der Waals surface area contributed by atoms with Crippen LogP contribution in [0.2, 0.25) is 0 Å². The average Bonchev–Trinajstić information content (AvgIpc) is 2.48. The van der Waals surface area contributed by atoms with Gasteiger partial charge in [-0.05, 0) is 40.9 Å². The molecule has 1 saturated heterocycles. The van der Waals surface area contributed by atoms with Gasteiger partial charge in [-0.1, -0.05) is 0 Å². The summed E-state index contributed by atoms with van der Waals surface area (Å²) in [6, 6.07) is 2.57. The highest BCUT2D eigenvalue weighted by atomic mass is 79.9. The van der Waals surface area contributed by atoms with Crippen molar-refractivity contribution in [1.29, 1.82) is 0 Å². The molecule has 1 aromatic carbocycles. The molecule has 1 heterocycles. The van der Waals surface area contributed by atoms with E-state index in [2.05, 4.69) is 15.9 Å². The van der Waals surface area contributed by atoms with Crippen molar-refractivity contribution in [3.05, 3.63) is 28.0 Å². The summed E-state index contributed by atoms with van der Waals surface area (Å²) in [5.41, 5.74) is 5.85. The van der Waals surface area contributed by atoms with E-state index in [4.69, 9.17) is 15.6 Å². The van der Waals surface area contributed by atoms with Gasteiger partial charge in [-0.3, -0.25) is 4.79 Å². The molecular formula is C14H18BrFN2O3. The molecule has 1 fully saturated rings. The maximum atomic E-state index is 13.3. The number of halogens is 2. The summed E-state index contributed by atoms with van der Waals surface area (Å²) in [5.74, 6) is -0.719. The monoisotopic (exact) mass is 360 g/mol. The van der Waals surface area contributed by atoms with Crippen LogP contribution in [0.1, 0.15) is 23.2 Å². The zero-order valence-corrected chi connectivity index (χ0v) is 13.1. The fourth-order valence-corrected chi connectivity index (χ4v) is 2.83. The summed E-state index contributed by atoms with van der Waals surface area (Å²) in [4.78, 5) is 14.1. The van der Waals surface area contributed by atoms with Gasteiger partial charge in [0.1, 0.15) is 5.82 Å². The first-order valence-electron chi connectivity index (χ1n) is 6.79. The molecule has 0 saturated carbocycles. The number of aliphatic hydroxyl groups excluding tert-OH is 1. The van der Waals surface area contributed by atoms with Crippen molar-refractivity contribution < 1.29 is 19.0 Å². The Hall–Kier alpha value is -1.18. The highest BCUT2D eigenvalue weighted by Crippen LogP contribution is 2.25. The van der Waals surface area contributed by atoms with Gasteiger partial charge in [0.25, 0.3) is 5.91 Å². The van der Waals surface area contributed by atoms with E-state index in [0.717, 1.165) is 12.8 Å². The van der Waals surface area contributed by atoms with Crippen molar-refractivity contribution in [2.24, 2.45) is 0 Å². The second-order valence-electron chi connectivity index (χ2n) is 4.94. The number of nitrogens with two attached hydrogens (primary N) is 1. The number of nitrogens with zero attached hydrogens (tertiary/aromatic N) is 1. The topological polar surface area (TPSA) is 75.8 Å². The van der Waals surface area contributed by atoms with E-state index < -0.39 is 5.82 Å². The van der Waals surface area contributed by atoms with Crippen LogP contribution in [0.15, 0.2) is 16.6 Å². The van der Waals surface area contributed by atoms with Gasteiger partial charge in [0.15, 0.2) is 0 Å². The van der Waals surface area contributed by atoms with Gasteiger partial charge >= 0.3 is 0 Å². The lowest BCUT2D eigenvalue weighted by Gasteiger charge is -2.32. The molecular weight excluding hydrogens is 343 g/mol. The van der Waals surface area contributed by atoms with E-state index in [1.165, 1.54) is 12.1 Å². The first-order valence-corrected chi connectivity index (χ1v) is 7.58. The largest absolute Gasteiger partial charge is 0.396 e. The number of carbonyl (C=O) groups excluding carboxylic acids is 1.